The monoisotopic (exact) mass is 530 g/mol. The second-order valence-electron chi connectivity index (χ2n) is 6.41. The van der Waals surface area contributed by atoms with Gasteiger partial charge in [-0.3, -0.25) is 4.79 Å². The zero-order valence-electron chi connectivity index (χ0n) is 19.0. The minimum absolute atomic E-state index is 0.0193. The Morgan fingerprint density at radius 2 is 0.946 bits per heavy atom. The Bertz CT molecular complexity index is 1070. The lowest BCUT2D eigenvalue weighted by molar-refractivity contribution is -0.153. The number of carbonyl (C=O) groups is 4. The molecule has 0 aliphatic heterocycles. The smallest absolute Gasteiger partial charge is 0.422 e. The van der Waals surface area contributed by atoms with Gasteiger partial charge in [-0.15, -0.1) is 0 Å². The summed E-state index contributed by atoms with van der Waals surface area (Å²) in [4.78, 5) is 36.5. The fourth-order valence-corrected chi connectivity index (χ4v) is 2.56. The number of halogens is 6. The number of ketones is 1. The van der Waals surface area contributed by atoms with Gasteiger partial charge in [0.15, 0.2) is 12.4 Å². The Kier molecular flexibility index (Phi) is 13.6. The minimum atomic E-state index is -4.46. The summed E-state index contributed by atoms with van der Waals surface area (Å²) in [6, 6.07) is 15.3. The van der Waals surface area contributed by atoms with Crippen molar-refractivity contribution < 1.29 is 55.0 Å². The highest BCUT2D eigenvalue weighted by Crippen LogP contribution is 2.31. The van der Waals surface area contributed by atoms with Gasteiger partial charge < -0.3 is 23.9 Å². The quantitative estimate of drug-likeness (QED) is 0.282. The summed E-state index contributed by atoms with van der Waals surface area (Å²) < 4.78 is 84.3. The van der Waals surface area contributed by atoms with Crippen molar-refractivity contribution in [2.75, 3.05) is 6.61 Å². The molecule has 37 heavy (non-hydrogen) atoms. The highest BCUT2D eigenvalue weighted by Gasteiger charge is 2.30. The van der Waals surface area contributed by atoms with Gasteiger partial charge in [0.05, 0.1) is 5.56 Å². The van der Waals surface area contributed by atoms with Crippen molar-refractivity contribution in [2.45, 2.75) is 12.4 Å². The molecule has 0 fully saturated rings. The highest BCUT2D eigenvalue weighted by atomic mass is 19.4. The first kappa shape index (κ1) is 32.5. The number of carbonyl (C=O) groups excluding carboxylic acids is 4. The summed E-state index contributed by atoms with van der Waals surface area (Å²) in [6.45, 7) is 4.57. The first-order valence-corrected chi connectivity index (χ1v) is 9.67. The van der Waals surface area contributed by atoms with Gasteiger partial charge in [-0.05, 0) is 72.8 Å². The van der Waals surface area contributed by atoms with E-state index in [0.717, 1.165) is 12.1 Å². The van der Waals surface area contributed by atoms with Crippen LogP contribution >= 0.6 is 0 Å². The minimum Gasteiger partial charge on any atom is -0.484 e. The summed E-state index contributed by atoms with van der Waals surface area (Å²) >= 11 is 0. The predicted molar refractivity (Wildman–Crippen MR) is 121 cm³/mol. The van der Waals surface area contributed by atoms with E-state index in [1.54, 1.807) is 0 Å². The van der Waals surface area contributed by atoms with Crippen LogP contribution in [0.1, 0.15) is 21.5 Å². The van der Waals surface area contributed by atoms with Gasteiger partial charge in [-0.1, -0.05) is 0 Å². The molecule has 0 heterocycles. The Labute approximate surface area is 207 Å². The molecule has 0 amide bonds. The van der Waals surface area contributed by atoms with Crippen molar-refractivity contribution in [1.29, 1.82) is 0 Å². The number of alkyl halides is 6. The summed E-state index contributed by atoms with van der Waals surface area (Å²) in [6.07, 6.45) is -8.90. The summed E-state index contributed by atoms with van der Waals surface area (Å²) in [7, 11) is 0. The Hall–Kier alpha value is -4.48. The number of ether oxygens (including phenoxy) is 2. The maximum Gasteiger partial charge on any atom is 0.422 e. The van der Waals surface area contributed by atoms with Crippen LogP contribution in [0.4, 0.5) is 26.3 Å². The van der Waals surface area contributed by atoms with Crippen LogP contribution in [0.3, 0.4) is 0 Å². The fraction of sp³-hybridized carbons (Fsp3) is 0.120. The van der Waals surface area contributed by atoms with Gasteiger partial charge >= 0.3 is 12.4 Å². The first-order valence-electron chi connectivity index (χ1n) is 9.67. The van der Waals surface area contributed by atoms with Gasteiger partial charge in [-0.25, -0.2) is 0 Å². The van der Waals surface area contributed by atoms with E-state index in [0.29, 0.717) is 11.3 Å². The van der Waals surface area contributed by atoms with Crippen molar-refractivity contribution in [3.63, 3.8) is 0 Å². The van der Waals surface area contributed by atoms with E-state index in [-0.39, 0.29) is 22.8 Å². The molecular weight excluding hydrogens is 510 g/mol. The average Bonchev–Trinajstić information content (AvgIpc) is 2.91. The molecule has 0 unspecified atom stereocenters. The average molecular weight is 530 g/mol. The standard InChI is InChI=1S/C22H14F6O3.3CH2O/c23-21(24,25)13-30-17-7-1-14(2-8-17)20(29)15-3-9-18(10-4-15)31-19-11-5-16(6-12-19)22(26,27)28;3*1-2/h1-12H,13H2;3*1H2. The van der Waals surface area contributed by atoms with Crippen LogP contribution in [-0.2, 0) is 20.6 Å². The number of hydrogen-bond donors (Lipinski definition) is 0. The first-order chi connectivity index (χ1) is 17.5. The zero-order chi connectivity index (χ0) is 28.6. The fourth-order valence-electron chi connectivity index (χ4n) is 2.56. The Balaban J connectivity index is 0.00000201. The molecule has 3 aromatic rings. The lowest BCUT2D eigenvalue weighted by atomic mass is 10.0. The van der Waals surface area contributed by atoms with E-state index in [1.165, 1.54) is 60.7 Å². The largest absolute Gasteiger partial charge is 0.484 e. The van der Waals surface area contributed by atoms with Crippen molar-refractivity contribution in [3.05, 3.63) is 89.5 Å². The van der Waals surface area contributed by atoms with Gasteiger partial charge in [-0.2, -0.15) is 26.3 Å². The molecule has 12 heteroatoms. The molecule has 0 aromatic heterocycles. The van der Waals surface area contributed by atoms with Gasteiger partial charge in [0.1, 0.15) is 37.6 Å². The van der Waals surface area contributed by atoms with E-state index >= 15 is 0 Å². The summed E-state index contributed by atoms with van der Waals surface area (Å²) in [5.41, 5.74) is -0.255. The van der Waals surface area contributed by atoms with Crippen LogP contribution in [0.2, 0.25) is 0 Å². The van der Waals surface area contributed by atoms with E-state index < -0.39 is 24.5 Å². The Morgan fingerprint density at radius 3 is 1.30 bits per heavy atom. The van der Waals surface area contributed by atoms with Crippen molar-refractivity contribution >= 4 is 26.2 Å². The van der Waals surface area contributed by atoms with Crippen LogP contribution in [0, 0.1) is 0 Å². The van der Waals surface area contributed by atoms with E-state index in [4.69, 9.17) is 19.1 Å². The van der Waals surface area contributed by atoms with Crippen LogP contribution in [0.25, 0.3) is 0 Å². The van der Waals surface area contributed by atoms with E-state index in [2.05, 4.69) is 4.74 Å². The lowest BCUT2D eigenvalue weighted by Gasteiger charge is -2.10. The number of benzene rings is 3. The van der Waals surface area contributed by atoms with E-state index in [1.807, 2.05) is 20.4 Å². The topological polar surface area (TPSA) is 86.7 Å². The predicted octanol–water partition coefficient (Wildman–Crippen LogP) is 6.12. The zero-order valence-corrected chi connectivity index (χ0v) is 19.0. The molecule has 3 rings (SSSR count). The third-order valence-corrected chi connectivity index (χ3v) is 4.05. The molecule has 0 bridgehead atoms. The third-order valence-electron chi connectivity index (χ3n) is 4.05. The van der Waals surface area contributed by atoms with Crippen LogP contribution in [0.5, 0.6) is 17.2 Å². The maximum atomic E-state index is 12.6. The molecule has 6 nitrogen and oxygen atoms in total. The van der Waals surface area contributed by atoms with Crippen LogP contribution in [0.15, 0.2) is 72.8 Å². The molecular formula is C25H20F6O6. The van der Waals surface area contributed by atoms with Crippen molar-refractivity contribution in [1.82, 2.24) is 0 Å². The molecule has 0 radical (unpaired) electrons. The molecule has 198 valence electrons. The summed E-state index contributed by atoms with van der Waals surface area (Å²) in [5.74, 6) is 0.117. The molecule has 0 atom stereocenters. The molecule has 0 aliphatic carbocycles. The van der Waals surface area contributed by atoms with Crippen LogP contribution in [-0.4, -0.2) is 38.9 Å². The molecule has 0 spiro atoms. The van der Waals surface area contributed by atoms with Crippen molar-refractivity contribution in [3.8, 4) is 17.2 Å². The normalized spacial score (nSPS) is 10.2. The molecule has 3 aromatic carbocycles. The molecule has 0 N–H and O–H groups in total. The van der Waals surface area contributed by atoms with Gasteiger partial charge in [0.25, 0.3) is 0 Å². The SMILES string of the molecule is C=O.C=O.C=O.O=C(c1ccc(OCC(F)(F)F)cc1)c1ccc(Oc2ccc(C(F)(F)F)cc2)cc1. The van der Waals surface area contributed by atoms with Crippen molar-refractivity contribution in [2.24, 2.45) is 0 Å². The summed E-state index contributed by atoms with van der Waals surface area (Å²) in [5, 5.41) is 0. The van der Waals surface area contributed by atoms with E-state index in [9.17, 15) is 31.1 Å². The second kappa shape index (κ2) is 15.5. The Morgan fingerprint density at radius 1 is 0.595 bits per heavy atom. The van der Waals surface area contributed by atoms with Gasteiger partial charge in [0.2, 0.25) is 0 Å². The second-order valence-corrected chi connectivity index (χ2v) is 6.41. The van der Waals surface area contributed by atoms with Gasteiger partial charge in [0, 0.05) is 11.1 Å². The molecule has 0 saturated heterocycles. The third kappa shape index (κ3) is 11.2. The number of hydrogen-bond acceptors (Lipinski definition) is 6. The molecule has 0 saturated carbocycles. The number of rotatable bonds is 6. The lowest BCUT2D eigenvalue weighted by Crippen LogP contribution is -2.19. The maximum absolute atomic E-state index is 12.6. The highest BCUT2D eigenvalue weighted by molar-refractivity contribution is 6.09. The molecule has 0 aliphatic rings. The van der Waals surface area contributed by atoms with Crippen LogP contribution < -0.4 is 9.47 Å².